The molecule has 3 aromatic rings. The maximum Gasteiger partial charge on any atom is 0.309 e. The quantitative estimate of drug-likeness (QED) is 0.806. The number of thiazole rings is 1. The Kier molecular flexibility index (Phi) is 3.25. The van der Waals surface area contributed by atoms with Crippen molar-refractivity contribution in [2.75, 3.05) is 0 Å². The van der Waals surface area contributed by atoms with E-state index in [0.717, 1.165) is 21.1 Å². The fourth-order valence-electron chi connectivity index (χ4n) is 2.47. The van der Waals surface area contributed by atoms with Crippen LogP contribution in [0.2, 0.25) is 0 Å². The van der Waals surface area contributed by atoms with Crippen molar-refractivity contribution in [2.24, 2.45) is 0 Å². The Balaban J connectivity index is 2.28. The Morgan fingerprint density at radius 3 is 2.62 bits per heavy atom. The zero-order valence-corrected chi connectivity index (χ0v) is 12.4. The number of carbonyl (C=O) groups is 1. The maximum absolute atomic E-state index is 13.1. The molecular formula is C15H13FN2O2S. The van der Waals surface area contributed by atoms with Gasteiger partial charge in [0.25, 0.3) is 0 Å². The summed E-state index contributed by atoms with van der Waals surface area (Å²) in [4.78, 5) is 17.3. The summed E-state index contributed by atoms with van der Waals surface area (Å²) in [7, 11) is 0. The molecule has 1 N–H and O–H groups in total. The minimum absolute atomic E-state index is 0.0859. The molecule has 0 atom stereocenters. The van der Waals surface area contributed by atoms with Crippen LogP contribution < -0.4 is 0 Å². The molecule has 0 amide bonds. The van der Waals surface area contributed by atoms with Crippen LogP contribution in [-0.2, 0) is 11.2 Å². The lowest BCUT2D eigenvalue weighted by molar-refractivity contribution is -0.136. The van der Waals surface area contributed by atoms with Crippen LogP contribution in [0, 0.1) is 19.7 Å². The van der Waals surface area contributed by atoms with E-state index in [1.165, 1.54) is 23.5 Å². The van der Waals surface area contributed by atoms with E-state index in [1.54, 1.807) is 12.1 Å². The molecule has 2 aromatic heterocycles. The number of carboxylic acids is 1. The first-order valence-corrected chi connectivity index (χ1v) is 7.24. The molecule has 0 saturated carbocycles. The summed E-state index contributed by atoms with van der Waals surface area (Å²) in [6.07, 6.45) is -0.0859. The van der Waals surface area contributed by atoms with Crippen molar-refractivity contribution < 1.29 is 14.3 Å². The Morgan fingerprint density at radius 1 is 1.33 bits per heavy atom. The summed E-state index contributed by atoms with van der Waals surface area (Å²) < 4.78 is 15.0. The van der Waals surface area contributed by atoms with Gasteiger partial charge < -0.3 is 5.11 Å². The highest BCUT2D eigenvalue weighted by molar-refractivity contribution is 7.17. The highest BCUT2D eigenvalue weighted by Crippen LogP contribution is 2.33. The van der Waals surface area contributed by atoms with Gasteiger partial charge in [0.15, 0.2) is 4.96 Å². The molecule has 0 saturated heterocycles. The Morgan fingerprint density at radius 2 is 2.00 bits per heavy atom. The van der Waals surface area contributed by atoms with Crippen molar-refractivity contribution in [3.8, 4) is 11.3 Å². The van der Waals surface area contributed by atoms with Gasteiger partial charge >= 0.3 is 5.97 Å². The minimum atomic E-state index is -0.895. The molecule has 0 bridgehead atoms. The number of hydrogen-bond donors (Lipinski definition) is 1. The van der Waals surface area contributed by atoms with Gasteiger partial charge in [-0.3, -0.25) is 9.20 Å². The van der Waals surface area contributed by atoms with Gasteiger partial charge in [0.1, 0.15) is 5.82 Å². The number of rotatable bonds is 3. The van der Waals surface area contributed by atoms with E-state index in [4.69, 9.17) is 5.11 Å². The molecule has 0 fully saturated rings. The smallest absolute Gasteiger partial charge is 0.309 e. The average Bonchev–Trinajstić information content (AvgIpc) is 2.86. The van der Waals surface area contributed by atoms with E-state index >= 15 is 0 Å². The topological polar surface area (TPSA) is 54.6 Å². The summed E-state index contributed by atoms with van der Waals surface area (Å²) >= 11 is 1.51. The summed E-state index contributed by atoms with van der Waals surface area (Å²) in [6, 6.07) is 6.20. The third-order valence-corrected chi connectivity index (χ3v) is 4.34. The number of aliphatic carboxylic acids is 1. The zero-order chi connectivity index (χ0) is 15.1. The molecule has 0 aliphatic heterocycles. The molecule has 1 aromatic carbocycles. The third kappa shape index (κ3) is 2.31. The van der Waals surface area contributed by atoms with Crippen molar-refractivity contribution >= 4 is 22.3 Å². The highest BCUT2D eigenvalue weighted by Gasteiger charge is 2.19. The zero-order valence-electron chi connectivity index (χ0n) is 11.6. The van der Waals surface area contributed by atoms with Gasteiger partial charge in [-0.15, -0.1) is 11.3 Å². The minimum Gasteiger partial charge on any atom is -0.481 e. The van der Waals surface area contributed by atoms with E-state index in [1.807, 2.05) is 18.2 Å². The second kappa shape index (κ2) is 4.96. The van der Waals surface area contributed by atoms with E-state index in [-0.39, 0.29) is 12.2 Å². The molecule has 3 rings (SSSR count). The normalized spacial score (nSPS) is 11.2. The predicted molar refractivity (Wildman–Crippen MR) is 79.3 cm³/mol. The van der Waals surface area contributed by atoms with E-state index in [9.17, 15) is 9.18 Å². The molecule has 0 aliphatic rings. The maximum atomic E-state index is 13.1. The summed E-state index contributed by atoms with van der Waals surface area (Å²) in [6.45, 7) is 3.76. The standard InChI is InChI=1S/C15H13FN2O2S/c1-8-12(7-13(19)20)18-14(9(2)21-15(18)17-8)10-3-5-11(16)6-4-10/h3-6H,7H2,1-2H3,(H,19,20). The van der Waals surface area contributed by atoms with Gasteiger partial charge in [-0.2, -0.15) is 0 Å². The van der Waals surface area contributed by atoms with Gasteiger partial charge in [-0.25, -0.2) is 9.37 Å². The first-order chi connectivity index (χ1) is 9.97. The summed E-state index contributed by atoms with van der Waals surface area (Å²) in [5.41, 5.74) is 3.12. The molecule has 0 unspecified atom stereocenters. The molecule has 0 radical (unpaired) electrons. The van der Waals surface area contributed by atoms with Crippen LogP contribution in [0.15, 0.2) is 24.3 Å². The predicted octanol–water partition coefficient (Wildman–Crippen LogP) is 3.45. The lowest BCUT2D eigenvalue weighted by atomic mass is 10.1. The van der Waals surface area contributed by atoms with Crippen molar-refractivity contribution in [1.29, 1.82) is 0 Å². The van der Waals surface area contributed by atoms with Crippen LogP contribution >= 0.6 is 11.3 Å². The van der Waals surface area contributed by atoms with Crippen LogP contribution in [0.1, 0.15) is 16.3 Å². The van der Waals surface area contributed by atoms with Crippen molar-refractivity contribution in [3.05, 3.63) is 46.3 Å². The Hall–Kier alpha value is -2.21. The molecule has 0 spiro atoms. The first-order valence-electron chi connectivity index (χ1n) is 6.42. The van der Waals surface area contributed by atoms with Gasteiger partial charge in [0.2, 0.25) is 0 Å². The average molecular weight is 304 g/mol. The first kappa shape index (κ1) is 13.8. The van der Waals surface area contributed by atoms with Crippen LogP contribution in [0.25, 0.3) is 16.2 Å². The lowest BCUT2D eigenvalue weighted by Gasteiger charge is -2.06. The monoisotopic (exact) mass is 304 g/mol. The number of imidazole rings is 1. The largest absolute Gasteiger partial charge is 0.481 e. The SMILES string of the molecule is Cc1nc2sc(C)c(-c3ccc(F)cc3)n2c1CC(=O)O. The van der Waals surface area contributed by atoms with Crippen LogP contribution in [0.5, 0.6) is 0 Å². The number of fused-ring (bicyclic) bond motifs is 1. The van der Waals surface area contributed by atoms with Gasteiger partial charge in [0.05, 0.1) is 23.5 Å². The summed E-state index contributed by atoms with van der Waals surface area (Å²) in [5.74, 6) is -1.19. The van der Waals surface area contributed by atoms with Crippen molar-refractivity contribution in [3.63, 3.8) is 0 Å². The van der Waals surface area contributed by atoms with Gasteiger partial charge in [0, 0.05) is 4.88 Å². The number of halogens is 1. The number of aromatic nitrogens is 2. The Labute approximate surface area is 124 Å². The highest BCUT2D eigenvalue weighted by atomic mass is 32.1. The van der Waals surface area contributed by atoms with Gasteiger partial charge in [-0.05, 0) is 43.7 Å². The Bertz CT molecular complexity index is 834. The summed E-state index contributed by atoms with van der Waals surface area (Å²) in [5, 5.41) is 9.09. The molecular weight excluding hydrogens is 291 g/mol. The number of nitrogens with zero attached hydrogens (tertiary/aromatic N) is 2. The number of carboxylic acid groups (broad SMARTS) is 1. The molecule has 2 heterocycles. The van der Waals surface area contributed by atoms with Crippen molar-refractivity contribution in [2.45, 2.75) is 20.3 Å². The molecule has 0 aliphatic carbocycles. The van der Waals surface area contributed by atoms with Crippen molar-refractivity contribution in [1.82, 2.24) is 9.38 Å². The van der Waals surface area contributed by atoms with E-state index in [0.29, 0.717) is 11.4 Å². The van der Waals surface area contributed by atoms with Crippen LogP contribution in [0.4, 0.5) is 4.39 Å². The van der Waals surface area contributed by atoms with Crippen LogP contribution in [-0.4, -0.2) is 20.5 Å². The second-order valence-electron chi connectivity index (χ2n) is 4.85. The van der Waals surface area contributed by atoms with E-state index < -0.39 is 5.97 Å². The molecule has 21 heavy (non-hydrogen) atoms. The molecule has 4 nitrogen and oxygen atoms in total. The fourth-order valence-corrected chi connectivity index (χ4v) is 3.52. The molecule has 6 heteroatoms. The lowest BCUT2D eigenvalue weighted by Crippen LogP contribution is -2.05. The van der Waals surface area contributed by atoms with Gasteiger partial charge in [-0.1, -0.05) is 0 Å². The van der Waals surface area contributed by atoms with Crippen LogP contribution in [0.3, 0.4) is 0 Å². The van der Waals surface area contributed by atoms with E-state index in [2.05, 4.69) is 4.98 Å². The number of benzene rings is 1. The third-order valence-electron chi connectivity index (χ3n) is 3.38. The fraction of sp³-hybridized carbons (Fsp3) is 0.200. The second-order valence-corrected chi connectivity index (χ2v) is 6.03. The molecule has 108 valence electrons. The number of hydrogen-bond acceptors (Lipinski definition) is 3. The number of aryl methyl sites for hydroxylation is 2.